The predicted molar refractivity (Wildman–Crippen MR) is 172 cm³/mol. The first-order valence-corrected chi connectivity index (χ1v) is 16.0. The molecule has 1 aromatic heterocycles. The highest BCUT2D eigenvalue weighted by molar-refractivity contribution is 5.90. The largest absolute Gasteiger partial charge is 0.449 e. The van der Waals surface area contributed by atoms with Crippen LogP contribution in [0.1, 0.15) is 87.1 Å². The van der Waals surface area contributed by atoms with Gasteiger partial charge in [0.1, 0.15) is 23.1 Å². The van der Waals surface area contributed by atoms with E-state index in [1.807, 2.05) is 0 Å². The number of rotatable bonds is 7. The van der Waals surface area contributed by atoms with Gasteiger partial charge in [-0.25, -0.2) is 19.6 Å². The molecule has 1 aliphatic rings. The zero-order valence-corrected chi connectivity index (χ0v) is 28.8. The van der Waals surface area contributed by atoms with Gasteiger partial charge in [-0.1, -0.05) is 6.92 Å². The second-order valence-corrected chi connectivity index (χ2v) is 13.0. The van der Waals surface area contributed by atoms with Gasteiger partial charge in [0.15, 0.2) is 0 Å². The van der Waals surface area contributed by atoms with Gasteiger partial charge in [-0.05, 0) is 88.1 Å². The van der Waals surface area contributed by atoms with E-state index in [-0.39, 0.29) is 47.8 Å². The first kappa shape index (κ1) is 40.0. The number of alkyl halides is 9. The molecule has 2 aromatic carbocycles. The second-order valence-electron chi connectivity index (χ2n) is 13.0. The molecular weight excluding hydrogens is 713 g/mol. The van der Waals surface area contributed by atoms with Crippen molar-refractivity contribution in [3.8, 4) is 0 Å². The van der Waals surface area contributed by atoms with Crippen LogP contribution in [0.3, 0.4) is 0 Å². The second kappa shape index (κ2) is 14.7. The molecule has 0 saturated carbocycles. The summed E-state index contributed by atoms with van der Waals surface area (Å²) in [4.78, 5) is 36.7. The van der Waals surface area contributed by atoms with Crippen LogP contribution >= 0.6 is 0 Å². The SMILES string of the molecule is CCOC(=O)N1c2ccc(C(F)(F)F)cc2[C@@H](Nc2cc(N(C)C(=O)OC(C)(C)C)nc(Cc3cc(C(F)(F)F)cc(C(F)(F)F)c3)n2)C[C@H]1CC. The number of anilines is 3. The van der Waals surface area contributed by atoms with Crippen molar-refractivity contribution < 1.29 is 58.6 Å². The lowest BCUT2D eigenvalue weighted by atomic mass is 9.88. The van der Waals surface area contributed by atoms with E-state index in [0.717, 1.165) is 23.1 Å². The lowest BCUT2D eigenvalue weighted by Crippen LogP contribution is -2.46. The number of ether oxygens (including phenoxy) is 2. The molecule has 0 radical (unpaired) electrons. The van der Waals surface area contributed by atoms with Crippen LogP contribution in [0, 0.1) is 0 Å². The van der Waals surface area contributed by atoms with E-state index in [9.17, 15) is 49.1 Å². The topological polar surface area (TPSA) is 96.9 Å². The van der Waals surface area contributed by atoms with Gasteiger partial charge in [0.25, 0.3) is 0 Å². The minimum atomic E-state index is -5.13. The molecule has 9 nitrogen and oxygen atoms in total. The number of hydrogen-bond acceptors (Lipinski definition) is 7. The number of carbonyl (C=O) groups excluding carboxylic acids is 2. The Morgan fingerprint density at radius 2 is 1.46 bits per heavy atom. The predicted octanol–water partition coefficient (Wildman–Crippen LogP) is 9.79. The molecular formula is C34H36F9N5O4. The number of nitrogens with zero attached hydrogens (tertiary/aromatic N) is 4. The van der Waals surface area contributed by atoms with Crippen molar-refractivity contribution in [3.63, 3.8) is 0 Å². The molecule has 52 heavy (non-hydrogen) atoms. The van der Waals surface area contributed by atoms with Crippen LogP contribution in [0.15, 0.2) is 42.5 Å². The summed E-state index contributed by atoms with van der Waals surface area (Å²) in [5, 5.41) is 3.02. The Morgan fingerprint density at radius 1 is 0.865 bits per heavy atom. The van der Waals surface area contributed by atoms with Crippen LogP contribution < -0.4 is 15.1 Å². The van der Waals surface area contributed by atoms with E-state index in [1.54, 1.807) is 34.6 Å². The molecule has 4 rings (SSSR count). The zero-order valence-electron chi connectivity index (χ0n) is 28.8. The summed E-state index contributed by atoms with van der Waals surface area (Å²) in [6.45, 7) is 8.08. The Bertz CT molecular complexity index is 1760. The molecule has 2 amide bonds. The maximum Gasteiger partial charge on any atom is 0.416 e. The fourth-order valence-electron chi connectivity index (χ4n) is 5.57. The van der Waals surface area contributed by atoms with Crippen molar-refractivity contribution in [2.75, 3.05) is 28.8 Å². The van der Waals surface area contributed by atoms with Crippen molar-refractivity contribution in [2.45, 2.75) is 90.1 Å². The van der Waals surface area contributed by atoms with Crippen molar-refractivity contribution >= 4 is 29.5 Å². The van der Waals surface area contributed by atoms with Crippen molar-refractivity contribution in [1.29, 1.82) is 0 Å². The standard InChI is InChI=1S/C34H36F9N5O4/c1-7-22-16-24(23-15-19(32(35,36)37)9-10-25(23)48(22)30(50)51-8-2)44-27-17-28(47(6)29(49)52-31(3,4)5)46-26(45-27)13-18-11-20(33(38,39)40)14-21(12-18)34(41,42)43/h9-12,14-15,17,22,24H,7-8,13,16H2,1-6H3,(H,44,45,46)/t22-,24+/m1/s1. The summed E-state index contributed by atoms with van der Waals surface area (Å²) in [6.07, 6.45) is -17.0. The van der Waals surface area contributed by atoms with Gasteiger partial charge < -0.3 is 14.8 Å². The summed E-state index contributed by atoms with van der Waals surface area (Å²) < 4.78 is 134. The molecule has 0 unspecified atom stereocenters. The smallest absolute Gasteiger partial charge is 0.416 e. The highest BCUT2D eigenvalue weighted by Gasteiger charge is 2.40. The quantitative estimate of drug-likeness (QED) is 0.240. The number of hydrogen-bond donors (Lipinski definition) is 1. The number of fused-ring (bicyclic) bond motifs is 1. The lowest BCUT2D eigenvalue weighted by molar-refractivity contribution is -0.143. The number of aromatic nitrogens is 2. The van der Waals surface area contributed by atoms with Gasteiger partial charge >= 0.3 is 30.7 Å². The van der Waals surface area contributed by atoms with E-state index in [4.69, 9.17) is 9.47 Å². The van der Waals surface area contributed by atoms with Gasteiger partial charge in [-0.15, -0.1) is 0 Å². The van der Waals surface area contributed by atoms with Gasteiger partial charge in [-0.3, -0.25) is 9.80 Å². The minimum absolute atomic E-state index is 0.00257. The van der Waals surface area contributed by atoms with Crippen molar-refractivity contribution in [1.82, 2.24) is 9.97 Å². The average molecular weight is 750 g/mol. The number of nitrogens with one attached hydrogen (secondary N) is 1. The first-order valence-electron chi connectivity index (χ1n) is 16.0. The van der Waals surface area contributed by atoms with Crippen LogP contribution in [0.25, 0.3) is 0 Å². The number of benzene rings is 2. The third kappa shape index (κ3) is 9.56. The molecule has 2 atom stereocenters. The highest BCUT2D eigenvalue weighted by Crippen LogP contribution is 2.43. The molecule has 0 aliphatic carbocycles. The summed E-state index contributed by atoms with van der Waals surface area (Å²) in [6, 6.07) is 3.51. The summed E-state index contributed by atoms with van der Waals surface area (Å²) in [7, 11) is 1.26. The third-order valence-electron chi connectivity index (χ3n) is 7.90. The molecule has 1 aliphatic heterocycles. The fourth-order valence-corrected chi connectivity index (χ4v) is 5.57. The Balaban J connectivity index is 1.86. The number of carbonyl (C=O) groups is 2. The Kier molecular flexibility index (Phi) is 11.3. The molecule has 1 N–H and O–H groups in total. The summed E-state index contributed by atoms with van der Waals surface area (Å²) in [5.74, 6) is -0.653. The van der Waals surface area contributed by atoms with E-state index in [2.05, 4.69) is 15.3 Å². The van der Waals surface area contributed by atoms with Gasteiger partial charge in [0.2, 0.25) is 0 Å². The van der Waals surface area contributed by atoms with Crippen LogP contribution in [0.5, 0.6) is 0 Å². The summed E-state index contributed by atoms with van der Waals surface area (Å²) >= 11 is 0. The Hall–Kier alpha value is -4.77. The molecule has 0 saturated heterocycles. The van der Waals surface area contributed by atoms with Crippen LogP contribution in [0.4, 0.5) is 66.4 Å². The molecule has 0 fully saturated rings. The van der Waals surface area contributed by atoms with E-state index in [1.165, 1.54) is 18.0 Å². The number of amides is 2. The maximum atomic E-state index is 13.9. The van der Waals surface area contributed by atoms with Crippen LogP contribution in [-0.4, -0.2) is 47.5 Å². The van der Waals surface area contributed by atoms with Gasteiger partial charge in [0, 0.05) is 25.6 Å². The third-order valence-corrected chi connectivity index (χ3v) is 7.90. The molecule has 2 heterocycles. The normalized spacial score (nSPS) is 16.6. The maximum absolute atomic E-state index is 13.9. The Labute approximate surface area is 293 Å². The molecule has 3 aromatic rings. The van der Waals surface area contributed by atoms with Crippen molar-refractivity contribution in [3.05, 3.63) is 76.1 Å². The number of halogens is 9. The molecule has 0 spiro atoms. The molecule has 18 heteroatoms. The zero-order chi connectivity index (χ0) is 39.0. The first-order chi connectivity index (χ1) is 23.9. The average Bonchev–Trinajstić information content (AvgIpc) is 3.01. The van der Waals surface area contributed by atoms with E-state index in [0.29, 0.717) is 18.6 Å². The fraction of sp³-hybridized carbons (Fsp3) is 0.471. The van der Waals surface area contributed by atoms with Crippen LogP contribution in [0.2, 0.25) is 0 Å². The summed E-state index contributed by atoms with van der Waals surface area (Å²) in [5.41, 5.74) is -5.43. The molecule has 284 valence electrons. The lowest BCUT2D eigenvalue weighted by Gasteiger charge is -2.40. The van der Waals surface area contributed by atoms with Crippen molar-refractivity contribution in [2.24, 2.45) is 0 Å². The van der Waals surface area contributed by atoms with Crippen LogP contribution in [-0.2, 0) is 34.4 Å². The van der Waals surface area contributed by atoms with E-state index >= 15 is 0 Å². The highest BCUT2D eigenvalue weighted by atomic mass is 19.4. The monoisotopic (exact) mass is 749 g/mol. The molecule has 0 bridgehead atoms. The minimum Gasteiger partial charge on any atom is -0.449 e. The Morgan fingerprint density at radius 3 is 1.98 bits per heavy atom. The van der Waals surface area contributed by atoms with Gasteiger partial charge in [-0.2, -0.15) is 39.5 Å². The van der Waals surface area contributed by atoms with E-state index < -0.39 is 77.1 Å². The van der Waals surface area contributed by atoms with Gasteiger partial charge in [0.05, 0.1) is 35.0 Å².